The first kappa shape index (κ1) is 30.3. The summed E-state index contributed by atoms with van der Waals surface area (Å²) in [5.41, 5.74) is 20.8. The Kier molecular flexibility index (Phi) is 7.65. The standard InChI is InChI=1S/C41H34N4O3/c1-41(2)31-11-7-9-29(25-17-19-37(46)27(21-25)23-44-35-15-5-3-13-33(35)42)39(31)48-40-30(10-8-12-32(40)41)26-18-20-38(47)28(22-26)24-45-36-16-6-4-14-34(36)43/h3-24,46-47H,42-43H2,1-2H3. The fraction of sp³-hybridized carbons (Fsp3) is 0.0732. The molecule has 7 heteroatoms. The van der Waals surface area contributed by atoms with Crippen LogP contribution in [-0.4, -0.2) is 22.6 Å². The van der Waals surface area contributed by atoms with Gasteiger partial charge in [-0.3, -0.25) is 9.98 Å². The Balaban J connectivity index is 1.30. The lowest BCUT2D eigenvalue weighted by Gasteiger charge is -2.36. The summed E-state index contributed by atoms with van der Waals surface area (Å²) in [5, 5.41) is 21.4. The molecular weight excluding hydrogens is 596 g/mol. The Morgan fingerprint density at radius 1 is 0.562 bits per heavy atom. The molecule has 0 saturated carbocycles. The van der Waals surface area contributed by atoms with E-state index < -0.39 is 5.41 Å². The van der Waals surface area contributed by atoms with Gasteiger partial charge >= 0.3 is 0 Å². The molecule has 0 atom stereocenters. The molecule has 1 heterocycles. The normalized spacial score (nSPS) is 13.3. The highest BCUT2D eigenvalue weighted by atomic mass is 16.5. The van der Waals surface area contributed by atoms with Crippen LogP contribution >= 0.6 is 0 Å². The number of aliphatic imine (C=N–C) groups is 2. The minimum absolute atomic E-state index is 0.109. The fourth-order valence-electron chi connectivity index (χ4n) is 6.12. The lowest BCUT2D eigenvalue weighted by atomic mass is 9.74. The third-order valence-corrected chi connectivity index (χ3v) is 8.82. The Morgan fingerprint density at radius 3 is 1.44 bits per heavy atom. The largest absolute Gasteiger partial charge is 0.507 e. The van der Waals surface area contributed by atoms with Gasteiger partial charge in [0.05, 0.1) is 22.7 Å². The summed E-state index contributed by atoms with van der Waals surface area (Å²) in [4.78, 5) is 9.06. The number of nitrogens with zero attached hydrogens (tertiary/aromatic N) is 2. The molecule has 7 rings (SSSR count). The zero-order chi connectivity index (χ0) is 33.4. The van der Waals surface area contributed by atoms with Gasteiger partial charge in [-0.15, -0.1) is 0 Å². The van der Waals surface area contributed by atoms with Crippen molar-refractivity contribution in [3.05, 3.63) is 144 Å². The van der Waals surface area contributed by atoms with E-state index in [9.17, 15) is 10.2 Å². The van der Waals surface area contributed by atoms with E-state index in [-0.39, 0.29) is 11.5 Å². The fourth-order valence-corrected chi connectivity index (χ4v) is 6.12. The molecule has 48 heavy (non-hydrogen) atoms. The number of nitrogen functional groups attached to an aromatic ring is 2. The van der Waals surface area contributed by atoms with Gasteiger partial charge in [-0.1, -0.05) is 86.6 Å². The Hall–Kier alpha value is -6.34. The molecule has 6 aromatic carbocycles. The summed E-state index contributed by atoms with van der Waals surface area (Å²) >= 11 is 0. The molecule has 236 valence electrons. The van der Waals surface area contributed by atoms with Crippen LogP contribution in [0.5, 0.6) is 23.0 Å². The summed E-state index contributed by atoms with van der Waals surface area (Å²) in [6.07, 6.45) is 3.24. The zero-order valence-corrected chi connectivity index (χ0v) is 26.6. The first-order valence-corrected chi connectivity index (χ1v) is 15.6. The van der Waals surface area contributed by atoms with E-state index in [4.69, 9.17) is 16.2 Å². The maximum absolute atomic E-state index is 10.7. The number of anilines is 2. The van der Waals surface area contributed by atoms with Gasteiger partial charge in [0.2, 0.25) is 0 Å². The van der Waals surface area contributed by atoms with E-state index in [1.54, 1.807) is 36.7 Å². The number of aromatic hydroxyl groups is 2. The quantitative estimate of drug-likeness (QED) is 0.108. The van der Waals surface area contributed by atoms with E-state index in [2.05, 4.69) is 36.0 Å². The molecule has 0 aromatic heterocycles. The molecule has 7 nitrogen and oxygen atoms in total. The first-order valence-electron chi connectivity index (χ1n) is 15.6. The van der Waals surface area contributed by atoms with E-state index >= 15 is 0 Å². The molecule has 0 fully saturated rings. The van der Waals surface area contributed by atoms with E-state index in [1.807, 2.05) is 84.9 Å². The number of ether oxygens (including phenoxy) is 1. The smallest absolute Gasteiger partial charge is 0.139 e. The summed E-state index contributed by atoms with van der Waals surface area (Å²) in [6, 6.07) is 37.9. The van der Waals surface area contributed by atoms with Gasteiger partial charge in [0.25, 0.3) is 0 Å². The van der Waals surface area contributed by atoms with Crippen molar-refractivity contribution in [3.63, 3.8) is 0 Å². The topological polar surface area (TPSA) is 126 Å². The minimum Gasteiger partial charge on any atom is -0.507 e. The van der Waals surface area contributed by atoms with Gasteiger partial charge in [-0.2, -0.15) is 0 Å². The number of rotatable bonds is 6. The maximum atomic E-state index is 10.7. The highest BCUT2D eigenvalue weighted by Gasteiger charge is 2.37. The molecule has 0 aliphatic carbocycles. The second kappa shape index (κ2) is 12.1. The molecule has 6 N–H and O–H groups in total. The lowest BCUT2D eigenvalue weighted by molar-refractivity contribution is 0.421. The third kappa shape index (κ3) is 5.52. The van der Waals surface area contributed by atoms with Gasteiger partial charge in [-0.05, 0) is 59.7 Å². The lowest BCUT2D eigenvalue weighted by Crippen LogP contribution is -2.25. The zero-order valence-electron chi connectivity index (χ0n) is 26.6. The average Bonchev–Trinajstić information content (AvgIpc) is 3.09. The Bertz CT molecular complexity index is 2100. The third-order valence-electron chi connectivity index (χ3n) is 8.82. The van der Waals surface area contributed by atoms with Crippen LogP contribution in [-0.2, 0) is 5.41 Å². The number of nitrogens with two attached hydrogens (primary N) is 2. The molecule has 0 amide bonds. The second-order valence-electron chi connectivity index (χ2n) is 12.3. The number of fused-ring (bicyclic) bond motifs is 2. The van der Waals surface area contributed by atoms with Gasteiger partial charge in [0.1, 0.15) is 23.0 Å². The van der Waals surface area contributed by atoms with E-state index in [0.717, 1.165) is 44.9 Å². The molecule has 0 radical (unpaired) electrons. The number of hydrogen-bond donors (Lipinski definition) is 4. The minimum atomic E-state index is -0.396. The van der Waals surface area contributed by atoms with Crippen LogP contribution < -0.4 is 16.2 Å². The molecule has 1 aliphatic heterocycles. The molecule has 0 unspecified atom stereocenters. The SMILES string of the molecule is CC1(C)c2cccc(-c3ccc(O)c(C=Nc4ccccc4N)c3)c2Oc2c(-c3ccc(O)c(C=Nc4ccccc4N)c3)cccc21. The molecule has 0 spiro atoms. The van der Waals surface area contributed by atoms with Gasteiger partial charge in [0.15, 0.2) is 0 Å². The molecule has 0 saturated heterocycles. The molecule has 1 aliphatic rings. The van der Waals surface area contributed by atoms with Crippen LogP contribution in [0.2, 0.25) is 0 Å². The number of benzene rings is 6. The maximum Gasteiger partial charge on any atom is 0.139 e. The van der Waals surface area contributed by atoms with Crippen LogP contribution in [0.15, 0.2) is 131 Å². The van der Waals surface area contributed by atoms with Crippen LogP contribution in [0, 0.1) is 0 Å². The van der Waals surface area contributed by atoms with E-state index in [0.29, 0.717) is 33.9 Å². The van der Waals surface area contributed by atoms with Crippen molar-refractivity contribution in [2.24, 2.45) is 9.98 Å². The number of phenols is 2. The van der Waals surface area contributed by atoms with Crippen molar-refractivity contribution >= 4 is 35.2 Å². The van der Waals surface area contributed by atoms with Crippen molar-refractivity contribution in [1.29, 1.82) is 0 Å². The second-order valence-corrected chi connectivity index (χ2v) is 12.3. The predicted octanol–water partition coefficient (Wildman–Crippen LogP) is 9.53. The summed E-state index contributed by atoms with van der Waals surface area (Å²) in [7, 11) is 0. The van der Waals surface area contributed by atoms with Crippen molar-refractivity contribution in [1.82, 2.24) is 0 Å². The summed E-state index contributed by atoms with van der Waals surface area (Å²) in [6.45, 7) is 4.39. The summed E-state index contributed by atoms with van der Waals surface area (Å²) in [5.74, 6) is 1.70. The van der Waals surface area contributed by atoms with Crippen LogP contribution in [0.25, 0.3) is 22.3 Å². The van der Waals surface area contributed by atoms with Crippen molar-refractivity contribution < 1.29 is 14.9 Å². The highest BCUT2D eigenvalue weighted by molar-refractivity contribution is 5.91. The van der Waals surface area contributed by atoms with Crippen molar-refractivity contribution in [3.8, 4) is 45.3 Å². The van der Waals surface area contributed by atoms with E-state index in [1.165, 1.54) is 0 Å². The van der Waals surface area contributed by atoms with Crippen molar-refractivity contribution in [2.45, 2.75) is 19.3 Å². The Labute approximate surface area is 279 Å². The molecule has 6 aromatic rings. The Morgan fingerprint density at radius 2 is 1.00 bits per heavy atom. The highest BCUT2D eigenvalue weighted by Crippen LogP contribution is 2.54. The molecular formula is C41H34N4O3. The number of phenolic OH excluding ortho intramolecular Hbond substituents is 2. The van der Waals surface area contributed by atoms with Crippen LogP contribution in [0.3, 0.4) is 0 Å². The number of hydrogen-bond acceptors (Lipinski definition) is 7. The van der Waals surface area contributed by atoms with Gasteiger partial charge < -0.3 is 26.4 Å². The number of para-hydroxylation sites is 6. The first-order chi connectivity index (χ1) is 23.2. The molecule has 0 bridgehead atoms. The van der Waals surface area contributed by atoms with Gasteiger partial charge in [-0.25, -0.2) is 0 Å². The predicted molar refractivity (Wildman–Crippen MR) is 196 cm³/mol. The van der Waals surface area contributed by atoms with Crippen molar-refractivity contribution in [2.75, 3.05) is 11.5 Å². The monoisotopic (exact) mass is 630 g/mol. The van der Waals surface area contributed by atoms with Crippen LogP contribution in [0.1, 0.15) is 36.1 Å². The summed E-state index contributed by atoms with van der Waals surface area (Å²) < 4.78 is 6.89. The van der Waals surface area contributed by atoms with Gasteiger partial charge in [0, 0.05) is 51.2 Å². The van der Waals surface area contributed by atoms with Crippen LogP contribution in [0.4, 0.5) is 22.7 Å². The average molecular weight is 631 g/mol.